The second-order valence-corrected chi connectivity index (χ2v) is 8.21. The van der Waals surface area contributed by atoms with E-state index in [2.05, 4.69) is 58.5 Å². The summed E-state index contributed by atoms with van der Waals surface area (Å²) in [6.07, 6.45) is 5.58. The zero-order valence-electron chi connectivity index (χ0n) is 16.2. The number of nitrogens with one attached hydrogen (secondary N) is 1. The summed E-state index contributed by atoms with van der Waals surface area (Å²) in [5.74, 6) is 0.895. The van der Waals surface area contributed by atoms with Crippen LogP contribution in [0.1, 0.15) is 44.6 Å². The maximum absolute atomic E-state index is 12.1. The van der Waals surface area contributed by atoms with Gasteiger partial charge in [0.2, 0.25) is 5.91 Å². The lowest BCUT2D eigenvalue weighted by Gasteiger charge is -2.26. The molecule has 1 aliphatic heterocycles. The topological polar surface area (TPSA) is 63.1 Å². The van der Waals surface area contributed by atoms with Crippen LogP contribution in [0.2, 0.25) is 0 Å². The molecule has 0 radical (unpaired) electrons. The summed E-state index contributed by atoms with van der Waals surface area (Å²) in [6.45, 7) is 8.32. The molecule has 0 aliphatic carbocycles. The smallest absolute Gasteiger partial charge is 0.230 e. The monoisotopic (exact) mass is 387 g/mol. The first-order chi connectivity index (χ1) is 13.1. The van der Waals surface area contributed by atoms with E-state index in [1.165, 1.54) is 36.6 Å². The zero-order chi connectivity index (χ0) is 19.1. The van der Waals surface area contributed by atoms with E-state index in [1.807, 2.05) is 4.57 Å². The Kier molecular flexibility index (Phi) is 7.29. The van der Waals surface area contributed by atoms with Gasteiger partial charge in [0.1, 0.15) is 6.33 Å². The molecule has 1 N–H and O–H groups in total. The summed E-state index contributed by atoms with van der Waals surface area (Å²) in [7, 11) is 0. The van der Waals surface area contributed by atoms with Crippen LogP contribution in [0.15, 0.2) is 35.7 Å². The third kappa shape index (κ3) is 5.81. The van der Waals surface area contributed by atoms with Crippen molar-refractivity contribution in [2.24, 2.45) is 0 Å². The van der Waals surface area contributed by atoms with Gasteiger partial charge in [0.25, 0.3) is 0 Å². The Morgan fingerprint density at radius 2 is 1.93 bits per heavy atom. The summed E-state index contributed by atoms with van der Waals surface area (Å²) in [5.41, 5.74) is 2.31. The average Bonchev–Trinajstić information content (AvgIpc) is 3.16. The number of amides is 1. The van der Waals surface area contributed by atoms with E-state index in [-0.39, 0.29) is 5.91 Å². The minimum atomic E-state index is 0.0433. The van der Waals surface area contributed by atoms with Crippen molar-refractivity contribution in [1.29, 1.82) is 0 Å². The van der Waals surface area contributed by atoms with Gasteiger partial charge in [-0.15, -0.1) is 10.2 Å². The molecule has 0 atom stereocenters. The van der Waals surface area contributed by atoms with Gasteiger partial charge in [-0.25, -0.2) is 0 Å². The SMILES string of the molecule is CC(C)c1ccc(-n2cnnc2SCC(=O)NCCN2CCCCC2)cc1. The lowest BCUT2D eigenvalue weighted by atomic mass is 10.0. The lowest BCUT2D eigenvalue weighted by molar-refractivity contribution is -0.118. The van der Waals surface area contributed by atoms with Crippen LogP contribution in [0.5, 0.6) is 0 Å². The summed E-state index contributed by atoms with van der Waals surface area (Å²) < 4.78 is 1.93. The van der Waals surface area contributed by atoms with Crippen LogP contribution in [0.25, 0.3) is 5.69 Å². The third-order valence-electron chi connectivity index (χ3n) is 4.89. The fraction of sp³-hybridized carbons (Fsp3) is 0.550. The molecule has 0 unspecified atom stereocenters. The van der Waals surface area contributed by atoms with E-state index in [4.69, 9.17) is 0 Å². The van der Waals surface area contributed by atoms with Gasteiger partial charge >= 0.3 is 0 Å². The van der Waals surface area contributed by atoms with Crippen LogP contribution >= 0.6 is 11.8 Å². The second kappa shape index (κ2) is 9.90. The predicted molar refractivity (Wildman–Crippen MR) is 109 cm³/mol. The Morgan fingerprint density at radius 3 is 2.63 bits per heavy atom. The van der Waals surface area contributed by atoms with Crippen LogP contribution in [0.3, 0.4) is 0 Å². The molecule has 1 aromatic heterocycles. The number of nitrogens with zero attached hydrogens (tertiary/aromatic N) is 4. The Morgan fingerprint density at radius 1 is 1.19 bits per heavy atom. The van der Waals surface area contributed by atoms with Gasteiger partial charge in [0.05, 0.1) is 5.75 Å². The number of benzene rings is 1. The molecule has 6 nitrogen and oxygen atoms in total. The fourth-order valence-electron chi connectivity index (χ4n) is 3.24. The molecular weight excluding hydrogens is 358 g/mol. The van der Waals surface area contributed by atoms with Gasteiger partial charge in [0.15, 0.2) is 5.16 Å². The number of carbonyl (C=O) groups is 1. The van der Waals surface area contributed by atoms with Crippen LogP contribution in [0.4, 0.5) is 0 Å². The Labute approximate surface area is 165 Å². The molecule has 0 spiro atoms. The van der Waals surface area contributed by atoms with Crippen molar-refractivity contribution in [2.75, 3.05) is 31.9 Å². The highest BCUT2D eigenvalue weighted by Crippen LogP contribution is 2.21. The average molecular weight is 388 g/mol. The lowest BCUT2D eigenvalue weighted by Crippen LogP contribution is -2.38. The van der Waals surface area contributed by atoms with E-state index in [0.717, 1.165) is 30.5 Å². The number of thioether (sulfide) groups is 1. The van der Waals surface area contributed by atoms with Crippen LogP contribution < -0.4 is 5.32 Å². The highest BCUT2D eigenvalue weighted by Gasteiger charge is 2.12. The molecule has 7 heteroatoms. The van der Waals surface area contributed by atoms with Crippen molar-refractivity contribution in [3.8, 4) is 5.69 Å². The quantitative estimate of drug-likeness (QED) is 0.705. The number of carbonyl (C=O) groups excluding carboxylic acids is 1. The minimum absolute atomic E-state index is 0.0433. The van der Waals surface area contributed by atoms with Gasteiger partial charge in [-0.2, -0.15) is 0 Å². The fourth-order valence-corrected chi connectivity index (χ4v) is 4.00. The number of likely N-dealkylation sites (tertiary alicyclic amines) is 1. The molecule has 2 aromatic rings. The number of aromatic nitrogens is 3. The van der Waals surface area contributed by atoms with Gasteiger partial charge in [-0.3, -0.25) is 9.36 Å². The van der Waals surface area contributed by atoms with E-state index in [1.54, 1.807) is 6.33 Å². The first kappa shape index (κ1) is 19.9. The van der Waals surface area contributed by atoms with E-state index in [0.29, 0.717) is 18.2 Å². The van der Waals surface area contributed by atoms with E-state index >= 15 is 0 Å². The maximum atomic E-state index is 12.1. The van der Waals surface area contributed by atoms with Gasteiger partial charge in [-0.1, -0.05) is 44.2 Å². The molecule has 146 valence electrons. The van der Waals surface area contributed by atoms with Crippen LogP contribution in [-0.4, -0.2) is 57.5 Å². The van der Waals surface area contributed by atoms with Gasteiger partial charge < -0.3 is 10.2 Å². The molecule has 3 rings (SSSR count). The summed E-state index contributed by atoms with van der Waals surface area (Å²) in [5, 5.41) is 11.9. The molecule has 1 aliphatic rings. The molecule has 1 saturated heterocycles. The molecule has 1 aromatic carbocycles. The Bertz CT molecular complexity index is 722. The number of rotatable bonds is 8. The summed E-state index contributed by atoms with van der Waals surface area (Å²) in [6, 6.07) is 8.40. The van der Waals surface area contributed by atoms with Gasteiger partial charge in [-0.05, 0) is 49.5 Å². The summed E-state index contributed by atoms with van der Waals surface area (Å²) in [4.78, 5) is 14.6. The van der Waals surface area contributed by atoms with Crippen molar-refractivity contribution in [3.05, 3.63) is 36.2 Å². The van der Waals surface area contributed by atoms with E-state index in [9.17, 15) is 4.79 Å². The second-order valence-electron chi connectivity index (χ2n) is 7.27. The number of hydrogen-bond donors (Lipinski definition) is 1. The van der Waals surface area contributed by atoms with Crippen molar-refractivity contribution in [3.63, 3.8) is 0 Å². The van der Waals surface area contributed by atoms with E-state index < -0.39 is 0 Å². The molecular formula is C20H29N5OS. The Hall–Kier alpha value is -1.86. The van der Waals surface area contributed by atoms with Crippen molar-refractivity contribution < 1.29 is 4.79 Å². The molecule has 1 fully saturated rings. The third-order valence-corrected chi connectivity index (χ3v) is 5.83. The van der Waals surface area contributed by atoms with Crippen LogP contribution in [-0.2, 0) is 4.79 Å². The minimum Gasteiger partial charge on any atom is -0.354 e. The first-order valence-corrected chi connectivity index (χ1v) is 10.7. The zero-order valence-corrected chi connectivity index (χ0v) is 17.0. The molecule has 0 bridgehead atoms. The number of piperidine rings is 1. The highest BCUT2D eigenvalue weighted by molar-refractivity contribution is 7.99. The van der Waals surface area contributed by atoms with Gasteiger partial charge in [0, 0.05) is 18.8 Å². The first-order valence-electron chi connectivity index (χ1n) is 9.75. The van der Waals surface area contributed by atoms with Crippen molar-refractivity contribution in [1.82, 2.24) is 25.0 Å². The van der Waals surface area contributed by atoms with Crippen molar-refractivity contribution in [2.45, 2.75) is 44.2 Å². The molecule has 27 heavy (non-hydrogen) atoms. The van der Waals surface area contributed by atoms with Crippen molar-refractivity contribution >= 4 is 17.7 Å². The number of hydrogen-bond acceptors (Lipinski definition) is 5. The summed E-state index contributed by atoms with van der Waals surface area (Å²) >= 11 is 1.42. The molecule has 2 heterocycles. The highest BCUT2D eigenvalue weighted by atomic mass is 32.2. The van der Waals surface area contributed by atoms with Crippen LogP contribution in [0, 0.1) is 0 Å². The largest absolute Gasteiger partial charge is 0.354 e. The molecule has 1 amide bonds. The standard InChI is InChI=1S/C20H29N5OS/c1-16(2)17-6-8-18(9-7-17)25-15-22-23-20(25)27-14-19(26)21-10-13-24-11-4-3-5-12-24/h6-9,15-16H,3-5,10-14H2,1-2H3,(H,21,26). The maximum Gasteiger partial charge on any atom is 0.230 e. The predicted octanol–water partition coefficient (Wildman–Crippen LogP) is 3.08. The molecule has 0 saturated carbocycles. The normalized spacial score (nSPS) is 15.2. The Balaban J connectivity index is 1.47.